The van der Waals surface area contributed by atoms with E-state index in [-0.39, 0.29) is 5.97 Å². The van der Waals surface area contributed by atoms with E-state index in [0.717, 1.165) is 5.75 Å². The van der Waals surface area contributed by atoms with Gasteiger partial charge in [0.1, 0.15) is 14.0 Å². The van der Waals surface area contributed by atoms with Crippen LogP contribution in [0.5, 0.6) is 5.75 Å². The standard InChI is InChI=1S/C13H21NO2SSi/c1-14(18(2,3)4)17-11-10-13(15)16-12-8-6-5-7-9-12/h5-9H,10-11H2,1-4H3. The van der Waals surface area contributed by atoms with Crippen molar-refractivity contribution in [3.63, 3.8) is 0 Å². The second-order valence-electron chi connectivity index (χ2n) is 5.04. The summed E-state index contributed by atoms with van der Waals surface area (Å²) in [6, 6.07) is 9.20. The van der Waals surface area contributed by atoms with E-state index >= 15 is 0 Å². The third-order valence-electron chi connectivity index (χ3n) is 2.51. The van der Waals surface area contributed by atoms with Gasteiger partial charge in [-0.05, 0) is 19.2 Å². The first-order chi connectivity index (χ1) is 8.39. The van der Waals surface area contributed by atoms with Crippen LogP contribution in [0.4, 0.5) is 0 Å². The van der Waals surface area contributed by atoms with Gasteiger partial charge in [0.05, 0.1) is 6.42 Å². The van der Waals surface area contributed by atoms with Crippen LogP contribution in [0.15, 0.2) is 30.3 Å². The van der Waals surface area contributed by atoms with Crippen LogP contribution in [0.3, 0.4) is 0 Å². The van der Waals surface area contributed by atoms with Crippen LogP contribution in [0.25, 0.3) is 0 Å². The summed E-state index contributed by atoms with van der Waals surface area (Å²) in [6.45, 7) is 6.84. The fraction of sp³-hybridized carbons (Fsp3) is 0.462. The number of para-hydroxylation sites is 1. The molecule has 0 fully saturated rings. The van der Waals surface area contributed by atoms with Gasteiger partial charge < -0.3 is 4.74 Å². The second-order valence-corrected chi connectivity index (χ2v) is 11.6. The highest BCUT2D eigenvalue weighted by Gasteiger charge is 2.20. The maximum absolute atomic E-state index is 11.6. The van der Waals surface area contributed by atoms with Gasteiger partial charge in [-0.1, -0.05) is 49.8 Å². The van der Waals surface area contributed by atoms with Gasteiger partial charge in [-0.15, -0.1) is 0 Å². The first-order valence-corrected chi connectivity index (χ1v) is 10.4. The number of nitrogens with zero attached hydrogens (tertiary/aromatic N) is 1. The molecule has 0 spiro atoms. The smallest absolute Gasteiger partial charge is 0.312 e. The van der Waals surface area contributed by atoms with Crippen molar-refractivity contribution in [2.75, 3.05) is 12.8 Å². The highest BCUT2D eigenvalue weighted by Crippen LogP contribution is 2.18. The van der Waals surface area contributed by atoms with Crippen LogP contribution in [-0.2, 0) is 4.79 Å². The predicted molar refractivity (Wildman–Crippen MR) is 80.3 cm³/mol. The van der Waals surface area contributed by atoms with Gasteiger partial charge in [0, 0.05) is 5.75 Å². The normalized spacial score (nSPS) is 11.6. The van der Waals surface area contributed by atoms with Crippen molar-refractivity contribution >= 4 is 26.2 Å². The monoisotopic (exact) mass is 283 g/mol. The Labute approximate surface area is 115 Å². The molecule has 1 aromatic carbocycles. The van der Waals surface area contributed by atoms with Crippen molar-refractivity contribution in [1.82, 2.24) is 3.97 Å². The van der Waals surface area contributed by atoms with Crippen LogP contribution < -0.4 is 4.74 Å². The molecular weight excluding hydrogens is 262 g/mol. The minimum absolute atomic E-state index is 0.169. The molecular formula is C13H21NO2SSi. The molecule has 0 saturated carbocycles. The minimum Gasteiger partial charge on any atom is -0.427 e. The number of carbonyl (C=O) groups is 1. The van der Waals surface area contributed by atoms with Gasteiger partial charge in [0.15, 0.2) is 0 Å². The summed E-state index contributed by atoms with van der Waals surface area (Å²) in [4.78, 5) is 11.6. The summed E-state index contributed by atoms with van der Waals surface area (Å²) in [6.07, 6.45) is 0.439. The molecule has 0 aliphatic heterocycles. The van der Waals surface area contributed by atoms with Gasteiger partial charge in [0.2, 0.25) is 0 Å². The summed E-state index contributed by atoms with van der Waals surface area (Å²) < 4.78 is 7.52. The molecule has 0 aliphatic carbocycles. The Bertz CT molecular complexity index is 378. The summed E-state index contributed by atoms with van der Waals surface area (Å²) in [7, 11) is 0.834. The zero-order chi connectivity index (χ0) is 13.6. The van der Waals surface area contributed by atoms with E-state index in [0.29, 0.717) is 12.2 Å². The van der Waals surface area contributed by atoms with E-state index in [2.05, 4.69) is 30.7 Å². The summed E-state index contributed by atoms with van der Waals surface area (Å²) in [5.74, 6) is 1.22. The summed E-state index contributed by atoms with van der Waals surface area (Å²) in [5.41, 5.74) is 0. The Morgan fingerprint density at radius 2 is 1.89 bits per heavy atom. The molecule has 0 amide bonds. The number of hydrogen-bond acceptors (Lipinski definition) is 4. The number of hydrogen-bond donors (Lipinski definition) is 0. The Morgan fingerprint density at radius 1 is 1.28 bits per heavy atom. The van der Waals surface area contributed by atoms with Crippen molar-refractivity contribution < 1.29 is 9.53 Å². The van der Waals surface area contributed by atoms with Gasteiger partial charge in [-0.25, -0.2) is 0 Å². The van der Waals surface area contributed by atoms with Crippen molar-refractivity contribution in [3.8, 4) is 5.75 Å². The Kier molecular flexibility index (Phi) is 5.91. The SMILES string of the molecule is CN(SCCC(=O)Oc1ccccc1)[Si](C)(C)C. The van der Waals surface area contributed by atoms with E-state index in [1.54, 1.807) is 24.1 Å². The summed E-state index contributed by atoms with van der Waals surface area (Å²) in [5, 5.41) is 0. The van der Waals surface area contributed by atoms with E-state index < -0.39 is 8.24 Å². The quantitative estimate of drug-likeness (QED) is 0.346. The van der Waals surface area contributed by atoms with Gasteiger partial charge in [-0.2, -0.15) is 0 Å². The average molecular weight is 283 g/mol. The zero-order valence-corrected chi connectivity index (χ0v) is 13.3. The number of ether oxygens (including phenoxy) is 1. The lowest BCUT2D eigenvalue weighted by atomic mass is 10.3. The fourth-order valence-electron chi connectivity index (χ4n) is 1.13. The number of rotatable bonds is 6. The molecule has 100 valence electrons. The number of esters is 1. The molecule has 1 aromatic rings. The molecule has 0 radical (unpaired) electrons. The van der Waals surface area contributed by atoms with Gasteiger partial charge in [-0.3, -0.25) is 8.77 Å². The topological polar surface area (TPSA) is 29.5 Å². The van der Waals surface area contributed by atoms with Crippen molar-refractivity contribution in [2.24, 2.45) is 0 Å². The highest BCUT2D eigenvalue weighted by atomic mass is 32.2. The Hall–Kier alpha value is -0.783. The fourth-order valence-corrected chi connectivity index (χ4v) is 3.49. The highest BCUT2D eigenvalue weighted by molar-refractivity contribution is 7.98. The zero-order valence-electron chi connectivity index (χ0n) is 11.5. The first kappa shape index (κ1) is 15.3. The average Bonchev–Trinajstić information content (AvgIpc) is 2.28. The van der Waals surface area contributed by atoms with E-state index in [4.69, 9.17) is 4.74 Å². The molecule has 5 heteroatoms. The first-order valence-electron chi connectivity index (χ1n) is 6.02. The molecule has 0 atom stereocenters. The molecule has 0 unspecified atom stereocenters. The summed E-state index contributed by atoms with van der Waals surface area (Å²) >= 11 is 1.72. The predicted octanol–water partition coefficient (Wildman–Crippen LogP) is 3.40. The molecule has 0 N–H and O–H groups in total. The molecule has 1 rings (SSSR count). The van der Waals surface area contributed by atoms with E-state index in [1.807, 2.05) is 18.2 Å². The van der Waals surface area contributed by atoms with Crippen LogP contribution in [0, 0.1) is 0 Å². The maximum atomic E-state index is 11.6. The largest absolute Gasteiger partial charge is 0.427 e. The van der Waals surface area contributed by atoms with Gasteiger partial charge >= 0.3 is 5.97 Å². The third-order valence-corrected chi connectivity index (χ3v) is 7.20. The molecule has 0 aliphatic rings. The van der Waals surface area contributed by atoms with Crippen molar-refractivity contribution in [2.45, 2.75) is 26.1 Å². The number of benzene rings is 1. The van der Waals surface area contributed by atoms with Crippen molar-refractivity contribution in [3.05, 3.63) is 30.3 Å². The Morgan fingerprint density at radius 3 is 2.44 bits per heavy atom. The molecule has 0 bridgehead atoms. The van der Waals surface area contributed by atoms with E-state index in [9.17, 15) is 4.79 Å². The molecule has 0 aromatic heterocycles. The van der Waals surface area contributed by atoms with Crippen LogP contribution in [0.2, 0.25) is 19.6 Å². The maximum Gasteiger partial charge on any atom is 0.312 e. The lowest BCUT2D eigenvalue weighted by Gasteiger charge is -2.28. The molecule has 3 nitrogen and oxygen atoms in total. The lowest BCUT2D eigenvalue weighted by Crippen LogP contribution is -2.38. The molecule has 0 heterocycles. The third kappa shape index (κ3) is 5.71. The van der Waals surface area contributed by atoms with E-state index in [1.165, 1.54) is 0 Å². The van der Waals surface area contributed by atoms with Crippen LogP contribution >= 0.6 is 11.9 Å². The molecule has 0 saturated heterocycles. The number of carbonyl (C=O) groups excluding carboxylic acids is 1. The minimum atomic E-state index is -1.26. The van der Waals surface area contributed by atoms with Crippen molar-refractivity contribution in [1.29, 1.82) is 0 Å². The molecule has 18 heavy (non-hydrogen) atoms. The second kappa shape index (κ2) is 6.97. The van der Waals surface area contributed by atoms with Crippen LogP contribution in [0.1, 0.15) is 6.42 Å². The van der Waals surface area contributed by atoms with Crippen LogP contribution in [-0.4, -0.2) is 31.0 Å². The lowest BCUT2D eigenvalue weighted by molar-refractivity contribution is -0.133. The van der Waals surface area contributed by atoms with Gasteiger partial charge in [0.25, 0.3) is 0 Å². The Balaban J connectivity index is 2.26.